The fraction of sp³-hybridized carbons (Fsp3) is 0.357. The van der Waals surface area contributed by atoms with Gasteiger partial charge >= 0.3 is 0 Å². The number of aromatic nitrogens is 2. The van der Waals surface area contributed by atoms with Gasteiger partial charge in [0.15, 0.2) is 11.5 Å². The number of nitrogens with two attached hydrogens (primary N) is 2. The molecule has 0 saturated carbocycles. The summed E-state index contributed by atoms with van der Waals surface area (Å²) in [6, 6.07) is 7.01. The van der Waals surface area contributed by atoms with Crippen molar-refractivity contribution in [2.45, 2.75) is 12.1 Å². The predicted molar refractivity (Wildman–Crippen MR) is 169 cm³/mol. The summed E-state index contributed by atoms with van der Waals surface area (Å²) in [4.78, 5) is 12.5. The number of likely N-dealkylation sites (N-methyl/N-ethyl adjacent to an activating group) is 1. The second-order valence-corrected chi connectivity index (χ2v) is 12.5. The maximum atomic E-state index is 9.82. The number of anilines is 2. The number of nitrogens with one attached hydrogen (secondary N) is 1. The van der Waals surface area contributed by atoms with Crippen molar-refractivity contribution in [2.75, 3.05) is 64.0 Å². The van der Waals surface area contributed by atoms with Gasteiger partial charge in [0, 0.05) is 90.0 Å². The standard InChI is InChI=1S/C26H28Cl2N8O2.C2H6OS/c1-35(2)12-26(32)13-36(14-26)25-15(7-29)4-16(8-34-25)24(31)17-5-23(22(37-3)6-21(17)30)38-11-18-19(27)9-33-10-20(18)28;1-4(2)3/h4-6,8-10,31H,11-14,30,32H2,1-3H3;1-2H3. The summed E-state index contributed by atoms with van der Waals surface area (Å²) in [5.41, 5.74) is 14.5. The van der Waals surface area contributed by atoms with Crippen LogP contribution in [0.15, 0.2) is 36.8 Å². The first kappa shape index (κ1) is 33.0. The predicted octanol–water partition coefficient (Wildman–Crippen LogP) is 3.31. The lowest BCUT2D eigenvalue weighted by molar-refractivity contribution is 0.237. The van der Waals surface area contributed by atoms with E-state index in [2.05, 4.69) is 16.0 Å². The van der Waals surface area contributed by atoms with Gasteiger partial charge in [-0.15, -0.1) is 0 Å². The molecule has 42 heavy (non-hydrogen) atoms. The highest BCUT2D eigenvalue weighted by Crippen LogP contribution is 2.35. The first-order chi connectivity index (χ1) is 19.8. The monoisotopic (exact) mass is 632 g/mol. The Balaban J connectivity index is 0.00000114. The van der Waals surface area contributed by atoms with Crippen molar-refractivity contribution in [1.29, 1.82) is 10.7 Å². The van der Waals surface area contributed by atoms with E-state index in [4.69, 9.17) is 49.6 Å². The van der Waals surface area contributed by atoms with E-state index in [-0.39, 0.29) is 17.9 Å². The number of hydrogen-bond acceptors (Lipinski definition) is 11. The fourth-order valence-corrected chi connectivity index (χ4v) is 4.94. The lowest BCUT2D eigenvalue weighted by Gasteiger charge is -2.49. The van der Waals surface area contributed by atoms with E-state index in [1.165, 1.54) is 19.5 Å². The van der Waals surface area contributed by atoms with E-state index >= 15 is 0 Å². The van der Waals surface area contributed by atoms with E-state index in [9.17, 15) is 9.47 Å². The maximum Gasteiger partial charge on any atom is 0.162 e. The number of benzene rings is 1. The van der Waals surface area contributed by atoms with Crippen molar-refractivity contribution >= 4 is 51.2 Å². The van der Waals surface area contributed by atoms with Gasteiger partial charge in [-0.05, 0) is 26.2 Å². The molecular formula is C28H34Cl2N8O3S. The smallest absolute Gasteiger partial charge is 0.162 e. The van der Waals surface area contributed by atoms with Crippen LogP contribution in [0, 0.1) is 16.7 Å². The highest BCUT2D eigenvalue weighted by molar-refractivity contribution is 7.83. The van der Waals surface area contributed by atoms with E-state index in [0.29, 0.717) is 68.4 Å². The summed E-state index contributed by atoms with van der Waals surface area (Å²) in [6.07, 6.45) is 7.79. The first-order valence-corrected chi connectivity index (χ1v) is 15.3. The molecule has 11 nitrogen and oxygen atoms in total. The molecule has 0 spiro atoms. The molecule has 4 rings (SSSR count). The van der Waals surface area contributed by atoms with Crippen LogP contribution in [0.5, 0.6) is 11.5 Å². The van der Waals surface area contributed by atoms with Crippen molar-refractivity contribution < 1.29 is 13.7 Å². The molecule has 1 saturated heterocycles. The zero-order chi connectivity index (χ0) is 31.2. The van der Waals surface area contributed by atoms with Crippen molar-refractivity contribution in [3.8, 4) is 17.6 Å². The minimum Gasteiger partial charge on any atom is -0.493 e. The number of rotatable bonds is 9. The molecule has 224 valence electrons. The van der Waals surface area contributed by atoms with E-state index in [0.717, 1.165) is 6.54 Å². The molecule has 0 aliphatic carbocycles. The molecule has 0 radical (unpaired) electrons. The Labute approximate surface area is 258 Å². The van der Waals surface area contributed by atoms with Crippen LogP contribution in [0.25, 0.3) is 0 Å². The molecule has 1 aromatic carbocycles. The lowest BCUT2D eigenvalue weighted by Crippen LogP contribution is -2.71. The molecule has 0 atom stereocenters. The minimum atomic E-state index is -0.611. The molecular weight excluding hydrogens is 599 g/mol. The van der Waals surface area contributed by atoms with Crippen molar-refractivity contribution in [3.05, 3.63) is 69.1 Å². The molecule has 0 unspecified atom stereocenters. The Morgan fingerprint density at radius 1 is 1.19 bits per heavy atom. The van der Waals surface area contributed by atoms with Gasteiger partial charge in [0.05, 0.1) is 34.0 Å². The third-order valence-electron chi connectivity index (χ3n) is 6.15. The first-order valence-electron chi connectivity index (χ1n) is 12.6. The summed E-state index contributed by atoms with van der Waals surface area (Å²) in [5, 5.41) is 19.4. The summed E-state index contributed by atoms with van der Waals surface area (Å²) in [6.45, 7) is 1.95. The van der Waals surface area contributed by atoms with Gasteiger partial charge in [0.2, 0.25) is 0 Å². The van der Waals surface area contributed by atoms with Gasteiger partial charge in [-0.3, -0.25) is 14.6 Å². The number of pyridine rings is 2. The SMILES string of the molecule is COc1cc(N)c(C(=N)c2cnc(N3CC(N)(CN(C)C)C3)c(C#N)c2)cc1OCc1c(Cl)cncc1Cl.CS(C)=O. The minimum absolute atomic E-state index is 0.0500. The van der Waals surface area contributed by atoms with Crippen LogP contribution in [0.4, 0.5) is 11.5 Å². The summed E-state index contributed by atoms with van der Waals surface area (Å²) in [5.74, 6) is 1.27. The fourth-order valence-electron chi connectivity index (χ4n) is 4.47. The van der Waals surface area contributed by atoms with Gasteiger partial charge < -0.3 is 30.7 Å². The van der Waals surface area contributed by atoms with Gasteiger partial charge in [-0.1, -0.05) is 23.2 Å². The molecule has 14 heteroatoms. The van der Waals surface area contributed by atoms with Crippen molar-refractivity contribution in [2.24, 2.45) is 5.73 Å². The number of halogens is 2. The molecule has 5 N–H and O–H groups in total. The van der Waals surface area contributed by atoms with E-state index in [1.54, 1.807) is 36.9 Å². The highest BCUT2D eigenvalue weighted by atomic mass is 35.5. The normalized spacial score (nSPS) is 13.6. The molecule has 3 aromatic rings. The second kappa shape index (κ2) is 14.1. The Bertz CT molecular complexity index is 1500. The van der Waals surface area contributed by atoms with Gasteiger partial charge in [0.1, 0.15) is 18.5 Å². The zero-order valence-corrected chi connectivity index (χ0v) is 26.4. The topological polar surface area (TPSA) is 167 Å². The molecule has 1 aliphatic rings. The van der Waals surface area contributed by atoms with Crippen LogP contribution in [-0.2, 0) is 17.4 Å². The van der Waals surface area contributed by atoms with E-state index in [1.807, 2.05) is 23.9 Å². The molecule has 2 aromatic heterocycles. The number of ether oxygens (including phenoxy) is 2. The van der Waals surface area contributed by atoms with Crippen molar-refractivity contribution in [3.63, 3.8) is 0 Å². The Morgan fingerprint density at radius 3 is 2.36 bits per heavy atom. The molecule has 0 amide bonds. The summed E-state index contributed by atoms with van der Waals surface area (Å²) < 4.78 is 20.9. The van der Waals surface area contributed by atoms with Crippen LogP contribution in [0.3, 0.4) is 0 Å². The van der Waals surface area contributed by atoms with Crippen LogP contribution >= 0.6 is 23.2 Å². The van der Waals surface area contributed by atoms with Crippen LogP contribution in [-0.4, -0.2) is 83.7 Å². The summed E-state index contributed by atoms with van der Waals surface area (Å²) in [7, 11) is 4.83. The van der Waals surface area contributed by atoms with Crippen LogP contribution in [0.1, 0.15) is 22.3 Å². The van der Waals surface area contributed by atoms with Gasteiger partial charge in [-0.25, -0.2) is 4.98 Å². The lowest BCUT2D eigenvalue weighted by atomic mass is 9.90. The average Bonchev–Trinajstić information content (AvgIpc) is 2.90. The highest BCUT2D eigenvalue weighted by Gasteiger charge is 2.41. The van der Waals surface area contributed by atoms with E-state index < -0.39 is 10.8 Å². The van der Waals surface area contributed by atoms with Crippen molar-refractivity contribution in [1.82, 2.24) is 14.9 Å². The second-order valence-electron chi connectivity index (χ2n) is 10.2. The molecule has 3 heterocycles. The maximum absolute atomic E-state index is 9.82. The zero-order valence-electron chi connectivity index (χ0n) is 24.1. The molecule has 1 fully saturated rings. The van der Waals surface area contributed by atoms with Crippen LogP contribution in [0.2, 0.25) is 10.0 Å². The quantitative estimate of drug-likeness (QED) is 0.235. The van der Waals surface area contributed by atoms with Gasteiger partial charge in [0.25, 0.3) is 0 Å². The Hall–Kier alpha value is -3.47. The third kappa shape index (κ3) is 8.08. The number of nitrogen functional groups attached to an aromatic ring is 1. The molecule has 1 aliphatic heterocycles. The largest absolute Gasteiger partial charge is 0.493 e. The number of nitriles is 1. The summed E-state index contributed by atoms with van der Waals surface area (Å²) >= 11 is 12.4. The van der Waals surface area contributed by atoms with Crippen LogP contribution < -0.4 is 25.8 Å². The number of hydrogen-bond donors (Lipinski definition) is 3. The average molecular weight is 634 g/mol. The number of methoxy groups -OCH3 is 1. The van der Waals surface area contributed by atoms with Gasteiger partial charge in [-0.2, -0.15) is 5.26 Å². The molecule has 0 bridgehead atoms. The number of nitrogens with zero attached hydrogens (tertiary/aromatic N) is 5. The third-order valence-corrected chi connectivity index (χ3v) is 6.80. The Morgan fingerprint density at radius 2 is 1.81 bits per heavy atom. The Kier molecular flexibility index (Phi) is 11.1.